The van der Waals surface area contributed by atoms with Crippen molar-refractivity contribution in [3.05, 3.63) is 44.6 Å². The number of anilines is 1. The summed E-state index contributed by atoms with van der Waals surface area (Å²) in [5, 5.41) is 0. The van der Waals surface area contributed by atoms with Crippen molar-refractivity contribution >= 4 is 38.6 Å². The van der Waals surface area contributed by atoms with E-state index >= 15 is 0 Å². The molecule has 114 valence electrons. The van der Waals surface area contributed by atoms with E-state index in [4.69, 9.17) is 17.3 Å². The molecule has 0 saturated heterocycles. The Labute approximate surface area is 134 Å². The van der Waals surface area contributed by atoms with Crippen LogP contribution in [0.25, 0.3) is 0 Å². The summed E-state index contributed by atoms with van der Waals surface area (Å²) in [4.78, 5) is 1.08. The minimum Gasteiger partial charge on any atom is -0.399 e. The molecule has 1 heterocycles. The first-order valence-corrected chi connectivity index (χ1v) is 9.03. The first kappa shape index (κ1) is 16.3. The third-order valence-corrected chi connectivity index (χ3v) is 6.37. The second-order valence-electron chi connectivity index (χ2n) is 4.95. The highest BCUT2D eigenvalue weighted by atomic mass is 35.5. The van der Waals surface area contributed by atoms with E-state index in [1.807, 2.05) is 13.0 Å². The first-order chi connectivity index (χ1) is 9.70. The first-order valence-electron chi connectivity index (χ1n) is 6.35. The lowest BCUT2D eigenvalue weighted by atomic mass is 10.1. The number of nitrogens with two attached hydrogens (primary N) is 1. The van der Waals surface area contributed by atoms with Crippen molar-refractivity contribution in [3.63, 3.8) is 0 Å². The largest absolute Gasteiger partial charge is 0.399 e. The maximum absolute atomic E-state index is 12.6. The van der Waals surface area contributed by atoms with E-state index in [0.29, 0.717) is 15.6 Å². The Morgan fingerprint density at radius 3 is 2.52 bits per heavy atom. The smallest absolute Gasteiger partial charge is 0.241 e. The van der Waals surface area contributed by atoms with Gasteiger partial charge in [-0.1, -0.05) is 11.6 Å². The summed E-state index contributed by atoms with van der Waals surface area (Å²) in [5.41, 5.74) is 7.75. The van der Waals surface area contributed by atoms with Gasteiger partial charge >= 0.3 is 0 Å². The molecule has 0 amide bonds. The fourth-order valence-corrected chi connectivity index (χ4v) is 4.76. The van der Waals surface area contributed by atoms with Gasteiger partial charge in [0.2, 0.25) is 10.0 Å². The number of benzene rings is 1. The molecule has 1 atom stereocenters. The molecule has 1 aromatic carbocycles. The molecular formula is C14H17ClN2O2S2. The van der Waals surface area contributed by atoms with Crippen LogP contribution in [0.5, 0.6) is 0 Å². The zero-order valence-corrected chi connectivity index (χ0v) is 14.4. The van der Waals surface area contributed by atoms with Gasteiger partial charge in [0.1, 0.15) is 0 Å². The monoisotopic (exact) mass is 344 g/mol. The quantitative estimate of drug-likeness (QED) is 0.832. The van der Waals surface area contributed by atoms with Gasteiger partial charge in [0, 0.05) is 10.6 Å². The van der Waals surface area contributed by atoms with E-state index in [0.717, 1.165) is 10.4 Å². The molecule has 0 aliphatic rings. The fraction of sp³-hybridized carbons (Fsp3) is 0.286. The molecule has 0 radical (unpaired) electrons. The number of hydrogen-bond acceptors (Lipinski definition) is 4. The predicted octanol–water partition coefficient (Wildman–Crippen LogP) is 3.64. The molecule has 7 heteroatoms. The van der Waals surface area contributed by atoms with Crippen LogP contribution in [0.4, 0.5) is 5.69 Å². The van der Waals surface area contributed by atoms with Crippen molar-refractivity contribution in [2.45, 2.75) is 31.7 Å². The van der Waals surface area contributed by atoms with E-state index in [-0.39, 0.29) is 10.9 Å². The number of rotatable bonds is 4. The standard InChI is InChI=1S/C14H17ClN2O2S2/c1-8-6-11(16)7-13(9(8)2)21(18,19)17-10(3)12-4-5-14(15)20-12/h4-7,10,17H,16H2,1-3H3. The highest BCUT2D eigenvalue weighted by molar-refractivity contribution is 7.89. The lowest BCUT2D eigenvalue weighted by molar-refractivity contribution is 0.568. The van der Waals surface area contributed by atoms with Gasteiger partial charge in [-0.25, -0.2) is 13.1 Å². The summed E-state index contributed by atoms with van der Waals surface area (Å²) >= 11 is 7.24. The van der Waals surface area contributed by atoms with E-state index in [1.165, 1.54) is 17.4 Å². The predicted molar refractivity (Wildman–Crippen MR) is 88.4 cm³/mol. The zero-order valence-electron chi connectivity index (χ0n) is 12.0. The Bertz CT molecular complexity index is 769. The number of sulfonamides is 1. The molecular weight excluding hydrogens is 328 g/mol. The van der Waals surface area contributed by atoms with Gasteiger partial charge in [-0.3, -0.25) is 0 Å². The summed E-state index contributed by atoms with van der Waals surface area (Å²) in [6, 6.07) is 6.46. The molecule has 1 aromatic heterocycles. The number of nitrogens with one attached hydrogen (secondary N) is 1. The highest BCUT2D eigenvalue weighted by Gasteiger charge is 2.22. The summed E-state index contributed by atoms with van der Waals surface area (Å²) in [6.45, 7) is 5.40. The van der Waals surface area contributed by atoms with E-state index in [9.17, 15) is 8.42 Å². The summed E-state index contributed by atoms with van der Waals surface area (Å²) in [7, 11) is -3.64. The van der Waals surface area contributed by atoms with Crippen molar-refractivity contribution in [2.24, 2.45) is 0 Å². The van der Waals surface area contributed by atoms with Crippen molar-refractivity contribution in [1.82, 2.24) is 4.72 Å². The highest BCUT2D eigenvalue weighted by Crippen LogP contribution is 2.29. The molecule has 4 nitrogen and oxygen atoms in total. The Morgan fingerprint density at radius 2 is 1.95 bits per heavy atom. The molecule has 2 aromatic rings. The summed E-state index contributed by atoms with van der Waals surface area (Å²) < 4.78 is 28.4. The number of thiophene rings is 1. The Kier molecular flexibility index (Phi) is 4.63. The van der Waals surface area contributed by atoms with Crippen molar-refractivity contribution in [3.8, 4) is 0 Å². The Balaban J connectivity index is 2.35. The molecule has 0 fully saturated rings. The number of aryl methyl sites for hydroxylation is 1. The molecule has 0 spiro atoms. The maximum Gasteiger partial charge on any atom is 0.241 e. The average Bonchev–Trinajstić information content (AvgIpc) is 2.80. The van der Waals surface area contributed by atoms with E-state index in [1.54, 1.807) is 26.0 Å². The molecule has 3 N–H and O–H groups in total. The Hall–Kier alpha value is -1.08. The van der Waals surface area contributed by atoms with Crippen LogP contribution >= 0.6 is 22.9 Å². The van der Waals surface area contributed by atoms with E-state index in [2.05, 4.69) is 4.72 Å². The van der Waals surface area contributed by atoms with Gasteiger partial charge < -0.3 is 5.73 Å². The molecule has 0 bridgehead atoms. The van der Waals surface area contributed by atoms with Gasteiger partial charge in [-0.05, 0) is 56.2 Å². The molecule has 21 heavy (non-hydrogen) atoms. The van der Waals surface area contributed by atoms with Crippen LogP contribution < -0.4 is 10.5 Å². The van der Waals surface area contributed by atoms with Crippen LogP contribution in [0.3, 0.4) is 0 Å². The second kappa shape index (κ2) is 5.96. The maximum atomic E-state index is 12.6. The van der Waals surface area contributed by atoms with Crippen LogP contribution in [0, 0.1) is 13.8 Å². The van der Waals surface area contributed by atoms with Crippen LogP contribution in [-0.2, 0) is 10.0 Å². The minimum absolute atomic E-state index is 0.217. The molecule has 1 unspecified atom stereocenters. The fourth-order valence-electron chi connectivity index (χ4n) is 2.05. The third-order valence-electron chi connectivity index (χ3n) is 3.28. The number of hydrogen-bond donors (Lipinski definition) is 2. The van der Waals surface area contributed by atoms with Gasteiger partial charge in [0.25, 0.3) is 0 Å². The average molecular weight is 345 g/mol. The van der Waals surface area contributed by atoms with Crippen LogP contribution in [0.15, 0.2) is 29.2 Å². The lowest BCUT2D eigenvalue weighted by Gasteiger charge is -2.16. The minimum atomic E-state index is -3.64. The molecule has 0 aliphatic carbocycles. The van der Waals surface area contributed by atoms with Gasteiger partial charge in [0.05, 0.1) is 15.3 Å². The number of nitrogen functional groups attached to an aromatic ring is 1. The lowest BCUT2D eigenvalue weighted by Crippen LogP contribution is -2.27. The van der Waals surface area contributed by atoms with Gasteiger partial charge in [0.15, 0.2) is 0 Å². The molecule has 0 aliphatic heterocycles. The van der Waals surface area contributed by atoms with Crippen LogP contribution in [0.1, 0.15) is 29.0 Å². The summed E-state index contributed by atoms with van der Waals surface area (Å²) in [5.74, 6) is 0. The SMILES string of the molecule is Cc1cc(N)cc(S(=O)(=O)NC(C)c2ccc(Cl)s2)c1C. The second-order valence-corrected chi connectivity index (χ2v) is 8.37. The third kappa shape index (κ3) is 3.58. The van der Waals surface area contributed by atoms with Crippen LogP contribution in [0.2, 0.25) is 4.34 Å². The van der Waals surface area contributed by atoms with Crippen LogP contribution in [-0.4, -0.2) is 8.42 Å². The topological polar surface area (TPSA) is 72.2 Å². The van der Waals surface area contributed by atoms with Gasteiger partial charge in [-0.15, -0.1) is 11.3 Å². The zero-order chi connectivity index (χ0) is 15.8. The summed E-state index contributed by atoms with van der Waals surface area (Å²) in [6.07, 6.45) is 0. The normalized spacial score (nSPS) is 13.3. The molecule has 0 saturated carbocycles. The van der Waals surface area contributed by atoms with Crippen molar-refractivity contribution < 1.29 is 8.42 Å². The van der Waals surface area contributed by atoms with Crippen molar-refractivity contribution in [1.29, 1.82) is 0 Å². The van der Waals surface area contributed by atoms with Crippen molar-refractivity contribution in [2.75, 3.05) is 5.73 Å². The van der Waals surface area contributed by atoms with E-state index < -0.39 is 10.0 Å². The molecule has 2 rings (SSSR count). The Morgan fingerprint density at radius 1 is 1.29 bits per heavy atom. The van der Waals surface area contributed by atoms with Gasteiger partial charge in [-0.2, -0.15) is 0 Å². The number of halogens is 1.